The standard InChI is InChI=1S/C8H12O3/c1-5-2-3-7(9)6(4-5)8(10)11/h5-6H,2-4H2,1H3,(H,10,11)/t5-,6-/m0/s1. The number of rotatable bonds is 1. The van der Waals surface area contributed by atoms with E-state index in [-0.39, 0.29) is 5.78 Å². The maximum atomic E-state index is 11.0. The van der Waals surface area contributed by atoms with Crippen LogP contribution in [0, 0.1) is 11.8 Å². The fourth-order valence-corrected chi connectivity index (χ4v) is 1.45. The van der Waals surface area contributed by atoms with Crippen LogP contribution < -0.4 is 0 Å². The summed E-state index contributed by atoms with van der Waals surface area (Å²) >= 11 is 0. The highest BCUT2D eigenvalue weighted by atomic mass is 16.4. The van der Waals surface area contributed by atoms with Crippen LogP contribution in [0.15, 0.2) is 0 Å². The smallest absolute Gasteiger partial charge is 0.314 e. The Hall–Kier alpha value is -0.860. The zero-order valence-electron chi connectivity index (χ0n) is 6.54. The Morgan fingerprint density at radius 3 is 2.73 bits per heavy atom. The topological polar surface area (TPSA) is 54.4 Å². The van der Waals surface area contributed by atoms with Crippen molar-refractivity contribution >= 4 is 11.8 Å². The lowest BCUT2D eigenvalue weighted by atomic mass is 9.81. The molecule has 0 aliphatic heterocycles. The van der Waals surface area contributed by atoms with Crippen molar-refractivity contribution in [3.05, 3.63) is 0 Å². The molecule has 0 heterocycles. The van der Waals surface area contributed by atoms with Crippen LogP contribution in [0.4, 0.5) is 0 Å². The molecule has 0 bridgehead atoms. The molecule has 2 atom stereocenters. The Balaban J connectivity index is 2.61. The molecular formula is C8H12O3. The van der Waals surface area contributed by atoms with E-state index in [4.69, 9.17) is 5.11 Å². The molecule has 1 rings (SSSR count). The SMILES string of the molecule is C[C@H]1CCC(=O)[C@@H](C(=O)O)C1. The van der Waals surface area contributed by atoms with Gasteiger partial charge in [0.05, 0.1) is 0 Å². The summed E-state index contributed by atoms with van der Waals surface area (Å²) in [4.78, 5) is 21.5. The maximum absolute atomic E-state index is 11.0. The molecule has 1 fully saturated rings. The molecule has 0 unspecified atom stereocenters. The molecule has 1 aliphatic rings. The predicted molar refractivity (Wildman–Crippen MR) is 39.1 cm³/mol. The highest BCUT2D eigenvalue weighted by Crippen LogP contribution is 2.25. The van der Waals surface area contributed by atoms with E-state index in [1.54, 1.807) is 0 Å². The van der Waals surface area contributed by atoms with E-state index in [1.165, 1.54) is 0 Å². The Bertz CT molecular complexity index is 186. The Morgan fingerprint density at radius 2 is 2.27 bits per heavy atom. The average molecular weight is 156 g/mol. The van der Waals surface area contributed by atoms with Gasteiger partial charge in [0.1, 0.15) is 11.7 Å². The number of carboxylic acid groups (broad SMARTS) is 1. The molecule has 1 saturated carbocycles. The second kappa shape index (κ2) is 3.03. The van der Waals surface area contributed by atoms with Crippen LogP contribution in [0.1, 0.15) is 26.2 Å². The van der Waals surface area contributed by atoms with Gasteiger partial charge in [0, 0.05) is 6.42 Å². The summed E-state index contributed by atoms with van der Waals surface area (Å²) in [6, 6.07) is 0. The first-order valence-corrected chi connectivity index (χ1v) is 3.86. The molecule has 0 aromatic rings. The Morgan fingerprint density at radius 1 is 1.64 bits per heavy atom. The fourth-order valence-electron chi connectivity index (χ4n) is 1.45. The Kier molecular flexibility index (Phi) is 2.27. The number of carboxylic acids is 1. The van der Waals surface area contributed by atoms with Crippen LogP contribution in [0.2, 0.25) is 0 Å². The van der Waals surface area contributed by atoms with E-state index in [9.17, 15) is 9.59 Å². The van der Waals surface area contributed by atoms with Gasteiger partial charge in [0.2, 0.25) is 0 Å². The summed E-state index contributed by atoms with van der Waals surface area (Å²) in [7, 11) is 0. The average Bonchev–Trinajstić information content (AvgIpc) is 1.94. The molecule has 62 valence electrons. The zero-order chi connectivity index (χ0) is 8.43. The maximum Gasteiger partial charge on any atom is 0.314 e. The normalized spacial score (nSPS) is 31.9. The van der Waals surface area contributed by atoms with Gasteiger partial charge in [0.15, 0.2) is 0 Å². The zero-order valence-corrected chi connectivity index (χ0v) is 6.54. The van der Waals surface area contributed by atoms with Crippen LogP contribution in [0.25, 0.3) is 0 Å². The summed E-state index contributed by atoms with van der Waals surface area (Å²) in [6.07, 6.45) is 1.81. The minimum Gasteiger partial charge on any atom is -0.481 e. The molecule has 1 N–H and O–H groups in total. The number of carbonyl (C=O) groups is 2. The van der Waals surface area contributed by atoms with Crippen molar-refractivity contribution in [3.63, 3.8) is 0 Å². The van der Waals surface area contributed by atoms with Gasteiger partial charge in [-0.05, 0) is 18.8 Å². The van der Waals surface area contributed by atoms with Gasteiger partial charge < -0.3 is 5.11 Å². The van der Waals surface area contributed by atoms with Gasteiger partial charge >= 0.3 is 5.97 Å². The summed E-state index contributed by atoms with van der Waals surface area (Å²) < 4.78 is 0. The third kappa shape index (κ3) is 1.79. The molecular weight excluding hydrogens is 144 g/mol. The van der Waals surface area contributed by atoms with Crippen molar-refractivity contribution in [1.82, 2.24) is 0 Å². The highest BCUT2D eigenvalue weighted by Gasteiger charge is 2.31. The molecule has 3 nitrogen and oxygen atoms in total. The van der Waals surface area contributed by atoms with E-state index in [1.807, 2.05) is 6.92 Å². The second-order valence-electron chi connectivity index (χ2n) is 3.24. The van der Waals surface area contributed by atoms with Crippen LogP contribution >= 0.6 is 0 Å². The molecule has 0 spiro atoms. The van der Waals surface area contributed by atoms with E-state index in [0.29, 0.717) is 18.8 Å². The van der Waals surface area contributed by atoms with Gasteiger partial charge in [-0.15, -0.1) is 0 Å². The van der Waals surface area contributed by atoms with Crippen molar-refractivity contribution in [1.29, 1.82) is 0 Å². The predicted octanol–water partition coefficient (Wildman–Crippen LogP) is 1.08. The summed E-state index contributed by atoms with van der Waals surface area (Å²) in [5.41, 5.74) is 0. The lowest BCUT2D eigenvalue weighted by Gasteiger charge is -2.21. The number of carbonyl (C=O) groups excluding carboxylic acids is 1. The van der Waals surface area contributed by atoms with E-state index < -0.39 is 11.9 Å². The van der Waals surface area contributed by atoms with Crippen molar-refractivity contribution in [2.45, 2.75) is 26.2 Å². The van der Waals surface area contributed by atoms with Gasteiger partial charge in [0.25, 0.3) is 0 Å². The Labute approximate surface area is 65.4 Å². The number of Topliss-reactive ketones (excluding diaryl/α,β-unsaturated/α-hetero) is 1. The van der Waals surface area contributed by atoms with Gasteiger partial charge in [-0.3, -0.25) is 9.59 Å². The number of aliphatic carboxylic acids is 1. The van der Waals surface area contributed by atoms with Crippen LogP contribution in [-0.4, -0.2) is 16.9 Å². The first-order chi connectivity index (χ1) is 5.11. The first-order valence-electron chi connectivity index (χ1n) is 3.86. The molecule has 0 amide bonds. The summed E-state index contributed by atoms with van der Waals surface area (Å²) in [6.45, 7) is 1.99. The third-order valence-electron chi connectivity index (χ3n) is 2.21. The molecule has 0 aromatic heterocycles. The minimum atomic E-state index is -0.957. The molecule has 0 aromatic carbocycles. The molecule has 11 heavy (non-hydrogen) atoms. The van der Waals surface area contributed by atoms with E-state index in [2.05, 4.69) is 0 Å². The van der Waals surface area contributed by atoms with Crippen LogP contribution in [0.5, 0.6) is 0 Å². The lowest BCUT2D eigenvalue weighted by molar-refractivity contribution is -0.148. The van der Waals surface area contributed by atoms with Crippen molar-refractivity contribution in [2.75, 3.05) is 0 Å². The molecule has 1 aliphatic carbocycles. The van der Waals surface area contributed by atoms with Crippen molar-refractivity contribution in [2.24, 2.45) is 11.8 Å². The highest BCUT2D eigenvalue weighted by molar-refractivity contribution is 5.98. The monoisotopic (exact) mass is 156 g/mol. The molecule has 3 heteroatoms. The minimum absolute atomic E-state index is 0.101. The van der Waals surface area contributed by atoms with Crippen molar-refractivity contribution in [3.8, 4) is 0 Å². The largest absolute Gasteiger partial charge is 0.481 e. The van der Waals surface area contributed by atoms with E-state index >= 15 is 0 Å². The molecule has 0 radical (unpaired) electrons. The third-order valence-corrected chi connectivity index (χ3v) is 2.21. The van der Waals surface area contributed by atoms with Gasteiger partial charge in [-0.1, -0.05) is 6.92 Å². The first kappa shape index (κ1) is 8.24. The second-order valence-corrected chi connectivity index (χ2v) is 3.24. The fraction of sp³-hybridized carbons (Fsp3) is 0.750. The van der Waals surface area contributed by atoms with E-state index in [0.717, 1.165) is 6.42 Å². The van der Waals surface area contributed by atoms with Crippen LogP contribution in [-0.2, 0) is 9.59 Å². The number of hydrogen-bond acceptors (Lipinski definition) is 2. The van der Waals surface area contributed by atoms with Crippen molar-refractivity contribution < 1.29 is 14.7 Å². The lowest BCUT2D eigenvalue weighted by Crippen LogP contribution is -2.30. The molecule has 0 saturated heterocycles. The quantitative estimate of drug-likeness (QED) is 0.578. The van der Waals surface area contributed by atoms with Gasteiger partial charge in [-0.2, -0.15) is 0 Å². The van der Waals surface area contributed by atoms with Crippen LogP contribution in [0.3, 0.4) is 0 Å². The number of ketones is 1. The van der Waals surface area contributed by atoms with Gasteiger partial charge in [-0.25, -0.2) is 0 Å². The summed E-state index contributed by atoms with van der Waals surface area (Å²) in [5.74, 6) is -1.40. The summed E-state index contributed by atoms with van der Waals surface area (Å²) in [5, 5.41) is 8.61. The number of hydrogen-bond donors (Lipinski definition) is 1.